The minimum atomic E-state index is -0.125. The van der Waals surface area contributed by atoms with Gasteiger partial charge in [0, 0.05) is 0 Å². The Bertz CT molecular complexity index is 1430. The quantitative estimate of drug-likeness (QED) is 0.128. The van der Waals surface area contributed by atoms with Gasteiger partial charge in [-0.05, 0) is 6.92 Å². The van der Waals surface area contributed by atoms with Crippen LogP contribution in [0.25, 0.3) is 11.1 Å². The molecule has 0 aromatic heterocycles. The van der Waals surface area contributed by atoms with Crippen molar-refractivity contribution in [2.75, 3.05) is 0 Å². The first-order chi connectivity index (χ1) is 19.8. The zero-order chi connectivity index (χ0) is 27.5. The molecule has 0 fully saturated rings. The summed E-state index contributed by atoms with van der Waals surface area (Å²) in [7, 11) is 0. The zero-order valence-electron chi connectivity index (χ0n) is 24.0. The molecule has 0 amide bonds. The predicted molar refractivity (Wildman–Crippen MR) is 171 cm³/mol. The van der Waals surface area contributed by atoms with E-state index in [4.69, 9.17) is 0 Å². The maximum atomic E-state index is 2.29. The van der Waals surface area contributed by atoms with Crippen molar-refractivity contribution in [3.05, 3.63) is 216 Å². The van der Waals surface area contributed by atoms with Crippen LogP contribution in [0.1, 0.15) is 27.8 Å². The van der Waals surface area contributed by atoms with Gasteiger partial charge in [-0.1, -0.05) is 40.8 Å². The van der Waals surface area contributed by atoms with Gasteiger partial charge in [-0.25, -0.2) is 48.5 Å². The summed E-state index contributed by atoms with van der Waals surface area (Å²) in [5.74, 6) is 0. The summed E-state index contributed by atoms with van der Waals surface area (Å²) in [6.07, 6.45) is 0. The van der Waals surface area contributed by atoms with E-state index >= 15 is 0 Å². The standard InChI is InChI=1S/C25H19.3C5H5.3Fe/c1-18-14-16-22(17-15-18)25(21-12-6-7-13-21)23(19-8-2-3-9-19)24(25)20-10-4-5-11-20;3*1-2-4-5-3-1;;;/h2-17H,1H3;3*1-5H;;;/q-3;3*-1;3*+2. The van der Waals surface area contributed by atoms with Gasteiger partial charge < -0.3 is 0 Å². The topological polar surface area (TPSA) is 0 Å². The number of aryl methyl sites for hydroxylation is 1. The smallest absolute Gasteiger partial charge is 0.214 e. The molecule has 0 nitrogen and oxygen atoms in total. The Morgan fingerprint density at radius 3 is 1.07 bits per heavy atom. The second-order valence-corrected chi connectivity index (χ2v) is 9.77. The first-order valence-electron chi connectivity index (χ1n) is 13.8. The molecule has 0 spiro atoms. The Morgan fingerprint density at radius 1 is 0.442 bits per heavy atom. The largest absolute Gasteiger partial charge is 2.00 e. The molecule has 1 aliphatic rings. The zero-order valence-corrected chi connectivity index (χ0v) is 27.3. The average molecular weight is 682 g/mol. The molecule has 0 aliphatic heterocycles. The third kappa shape index (κ3) is 8.82. The molecule has 0 atom stereocenters. The van der Waals surface area contributed by atoms with Crippen LogP contribution in [0.3, 0.4) is 0 Å². The van der Waals surface area contributed by atoms with Crippen LogP contribution >= 0.6 is 0 Å². The van der Waals surface area contributed by atoms with Crippen LogP contribution in [-0.2, 0) is 56.6 Å². The second-order valence-electron chi connectivity index (χ2n) is 9.77. The molecule has 7 aromatic carbocycles. The summed E-state index contributed by atoms with van der Waals surface area (Å²) in [5.41, 5.74) is 9.44. The van der Waals surface area contributed by atoms with Crippen LogP contribution in [0.2, 0.25) is 0 Å². The fourth-order valence-electron chi connectivity index (χ4n) is 5.22. The van der Waals surface area contributed by atoms with Gasteiger partial charge in [-0.15, -0.1) is 0 Å². The molecule has 1 aliphatic carbocycles. The Balaban J connectivity index is 0.000000294. The maximum absolute atomic E-state index is 2.29. The predicted octanol–water partition coefficient (Wildman–Crippen LogP) is 10.3. The first-order valence-corrected chi connectivity index (χ1v) is 13.8. The van der Waals surface area contributed by atoms with E-state index in [-0.39, 0.29) is 56.6 Å². The fourth-order valence-corrected chi connectivity index (χ4v) is 5.22. The number of hydrogen-bond acceptors (Lipinski definition) is 0. The van der Waals surface area contributed by atoms with E-state index in [2.05, 4.69) is 104 Å². The van der Waals surface area contributed by atoms with Gasteiger partial charge in [0.2, 0.25) is 0 Å². The van der Waals surface area contributed by atoms with Crippen LogP contribution in [-0.4, -0.2) is 0 Å². The summed E-state index contributed by atoms with van der Waals surface area (Å²) in [6, 6.07) is 65.3. The molecule has 0 N–H and O–H groups in total. The fraction of sp³-hybridized carbons (Fsp3) is 0.0500. The van der Waals surface area contributed by atoms with Crippen molar-refractivity contribution < 1.29 is 51.2 Å². The SMILES string of the molecule is Cc1ccc(C2([c-]3cccc3)C([c-]3cccc3)=C2[c-]2cccc2)cc1.[Fe+2].[Fe+2].[Fe+2].c1cc[cH-]c1.c1cc[cH-]c1.c1cc[cH-]c1. The third-order valence-electron chi connectivity index (χ3n) is 7.09. The molecule has 8 rings (SSSR count). The van der Waals surface area contributed by atoms with E-state index in [0.717, 1.165) is 0 Å². The molecule has 43 heavy (non-hydrogen) atoms. The van der Waals surface area contributed by atoms with Gasteiger partial charge in [0.25, 0.3) is 0 Å². The Hall–Kier alpha value is -3.38. The Labute approximate surface area is 288 Å². The minimum absolute atomic E-state index is 0. The van der Waals surface area contributed by atoms with E-state index < -0.39 is 0 Å². The van der Waals surface area contributed by atoms with Crippen LogP contribution in [0, 0.1) is 6.92 Å². The first kappa shape index (κ1) is 35.8. The summed E-state index contributed by atoms with van der Waals surface area (Å²) in [4.78, 5) is 0. The summed E-state index contributed by atoms with van der Waals surface area (Å²) in [5, 5.41) is 0. The monoisotopic (exact) mass is 682 g/mol. The maximum Gasteiger partial charge on any atom is 2.00 e. The van der Waals surface area contributed by atoms with Gasteiger partial charge in [-0.3, -0.25) is 0 Å². The molecule has 0 radical (unpaired) electrons. The van der Waals surface area contributed by atoms with Gasteiger partial charge >= 0.3 is 51.2 Å². The molecule has 7 aromatic rings. The molecular weight excluding hydrogens is 648 g/mol. The van der Waals surface area contributed by atoms with Crippen molar-refractivity contribution >= 4 is 11.1 Å². The number of benzene rings is 1. The normalized spacial score (nSPS) is 11.8. The second kappa shape index (κ2) is 18.3. The number of hydrogen-bond donors (Lipinski definition) is 0. The van der Waals surface area contributed by atoms with Crippen molar-refractivity contribution in [3.8, 4) is 0 Å². The van der Waals surface area contributed by atoms with Crippen molar-refractivity contribution in [1.29, 1.82) is 0 Å². The molecule has 0 bridgehead atoms. The third-order valence-corrected chi connectivity index (χ3v) is 7.09. The number of rotatable bonds is 4. The van der Waals surface area contributed by atoms with Gasteiger partial charge in [0.15, 0.2) is 0 Å². The molecule has 0 saturated heterocycles. The van der Waals surface area contributed by atoms with Crippen molar-refractivity contribution in [2.45, 2.75) is 12.3 Å². The average Bonchev–Trinajstić information content (AvgIpc) is 3.83. The van der Waals surface area contributed by atoms with Crippen molar-refractivity contribution in [1.82, 2.24) is 0 Å². The molecule has 3 heteroatoms. The summed E-state index contributed by atoms with van der Waals surface area (Å²) >= 11 is 0. The van der Waals surface area contributed by atoms with Gasteiger partial charge in [-0.2, -0.15) is 143 Å². The van der Waals surface area contributed by atoms with Crippen LogP contribution in [0.15, 0.2) is 188 Å². The van der Waals surface area contributed by atoms with Crippen molar-refractivity contribution in [3.63, 3.8) is 0 Å². The van der Waals surface area contributed by atoms with E-state index in [1.54, 1.807) is 0 Å². The van der Waals surface area contributed by atoms with E-state index in [9.17, 15) is 0 Å². The molecule has 218 valence electrons. The minimum Gasteiger partial charge on any atom is -0.214 e. The van der Waals surface area contributed by atoms with Crippen molar-refractivity contribution in [2.24, 2.45) is 0 Å². The summed E-state index contributed by atoms with van der Waals surface area (Å²) in [6.45, 7) is 2.15. The summed E-state index contributed by atoms with van der Waals surface area (Å²) < 4.78 is 0. The van der Waals surface area contributed by atoms with Crippen LogP contribution in [0.5, 0.6) is 0 Å². The van der Waals surface area contributed by atoms with E-state index in [0.29, 0.717) is 0 Å². The van der Waals surface area contributed by atoms with Crippen LogP contribution in [0.4, 0.5) is 0 Å². The molecule has 0 unspecified atom stereocenters. The number of allylic oxidation sites excluding steroid dienone is 2. The van der Waals surface area contributed by atoms with Gasteiger partial charge in [0.05, 0.1) is 0 Å². The Kier molecular flexibility index (Phi) is 15.3. The Morgan fingerprint density at radius 2 is 0.767 bits per heavy atom. The van der Waals surface area contributed by atoms with Crippen LogP contribution < -0.4 is 0 Å². The molecule has 0 heterocycles. The molecular formula is C40H34Fe3. The van der Waals surface area contributed by atoms with E-state index in [1.807, 2.05) is 91.0 Å². The van der Waals surface area contributed by atoms with E-state index in [1.165, 1.54) is 39.0 Å². The molecule has 0 saturated carbocycles. The van der Waals surface area contributed by atoms with Gasteiger partial charge in [0.1, 0.15) is 0 Å².